The highest BCUT2D eigenvalue weighted by Crippen LogP contribution is 2.50. The average molecular weight is 1990 g/mol. The summed E-state index contributed by atoms with van der Waals surface area (Å²) in [4.78, 5) is 9.34. The molecule has 0 fully saturated rings. The molecule has 0 radical (unpaired) electrons. The van der Waals surface area contributed by atoms with Crippen LogP contribution in [0.15, 0.2) is 479 Å². The quantitative estimate of drug-likeness (QED) is 0.0269. The number of fused-ring (bicyclic) bond motifs is 3. The zero-order valence-electron chi connectivity index (χ0n) is 77.7. The zero-order chi connectivity index (χ0) is 101. The summed E-state index contributed by atoms with van der Waals surface area (Å²) in [5.74, 6) is 1.98. The molecule has 0 spiro atoms. The summed E-state index contributed by atoms with van der Waals surface area (Å²) in [7, 11) is -1.59. The molecule has 0 aliphatic rings. The maximum absolute atomic E-state index is 13.7. The number of aryl methyl sites for hydroxylation is 1. The van der Waals surface area contributed by atoms with Gasteiger partial charge in [0.05, 0.1) is 33.1 Å². The lowest BCUT2D eigenvalue weighted by atomic mass is 9.65. The number of pyridine rings is 2. The highest BCUT2D eigenvalue weighted by atomic mass is 31.1. The van der Waals surface area contributed by atoms with Crippen LogP contribution in [0.4, 0.5) is 39.5 Å². The summed E-state index contributed by atoms with van der Waals surface area (Å²) in [5, 5.41) is 43.3. The Morgan fingerprint density at radius 2 is 0.463 bits per heavy atom. The molecule has 0 saturated carbocycles. The van der Waals surface area contributed by atoms with E-state index in [1.165, 1.54) is 90.5 Å². The summed E-state index contributed by atoms with van der Waals surface area (Å²) in [6.07, 6.45) is -10.1. The lowest BCUT2D eigenvalue weighted by Crippen LogP contribution is -2.31. The van der Waals surface area contributed by atoms with E-state index in [2.05, 4.69) is 293 Å². The van der Waals surface area contributed by atoms with Crippen molar-refractivity contribution in [2.75, 3.05) is 0 Å². The van der Waals surface area contributed by atoms with Crippen molar-refractivity contribution in [1.29, 1.82) is 0 Å². The summed E-state index contributed by atoms with van der Waals surface area (Å²) in [5.41, 5.74) is 9.08. The SMILES string of the molecule is Cc1cccc(-c2nnc(-c3ccc(C(c4ccc(-c5nnc(-c6cccc(C(F)(F)F)c6)o5)cc4)(c4ccc(-c5nnc(-c6cccc(C(F)(F)F)c6)o5)cc4)c4ccc(-c5nnc(-c6cccc(C(F)(F)F)c6)o5)cc4)cc3)o2)c1.c1ccc(-c2ccnc3c2ccc2c(-c4ccccc4)ccnc23)cc1.c1ccc(P(c2ccccc2)c2ccccc2Oc2ccccc2P(c2ccccc2)c2ccccc2)cc1. The molecule has 716 valence electrons. The Bertz CT molecular complexity index is 7910. The van der Waals surface area contributed by atoms with Gasteiger partial charge in [0.25, 0.3) is 0 Å². The van der Waals surface area contributed by atoms with Gasteiger partial charge in [-0.15, -0.1) is 40.8 Å². The number of nitrogens with zero attached hydrogens (tertiary/aromatic N) is 10. The Kier molecular flexibility index (Phi) is 27.0. The summed E-state index contributed by atoms with van der Waals surface area (Å²) < 4.78 is 154. The summed E-state index contributed by atoms with van der Waals surface area (Å²) in [6.45, 7) is 1.95. The first-order valence-electron chi connectivity index (χ1n) is 46.5. The molecule has 0 amide bonds. The van der Waals surface area contributed by atoms with Gasteiger partial charge in [-0.25, -0.2) is 0 Å². The van der Waals surface area contributed by atoms with Crippen LogP contribution in [0.2, 0.25) is 0 Å². The topological polar surface area (TPSA) is 191 Å². The van der Waals surface area contributed by atoms with E-state index in [1.54, 1.807) is 36.4 Å². The molecular formula is C121H79F9N10O5P2. The second-order valence-electron chi connectivity index (χ2n) is 34.2. The molecule has 0 unspecified atom stereocenters. The molecule has 6 heterocycles. The average Bonchev–Trinajstić information content (AvgIpc) is 1.21. The maximum Gasteiger partial charge on any atom is 0.416 e. The first-order valence-corrected chi connectivity index (χ1v) is 49.2. The highest BCUT2D eigenvalue weighted by Gasteiger charge is 2.41. The van der Waals surface area contributed by atoms with Crippen LogP contribution in [0.25, 0.3) is 136 Å². The molecule has 17 aromatic carbocycles. The van der Waals surface area contributed by atoms with Gasteiger partial charge in [0, 0.05) is 78.3 Å². The molecule has 6 aromatic heterocycles. The van der Waals surface area contributed by atoms with Crippen molar-refractivity contribution in [2.45, 2.75) is 30.9 Å². The van der Waals surface area contributed by atoms with E-state index in [0.717, 1.165) is 80.8 Å². The predicted octanol–water partition coefficient (Wildman–Crippen LogP) is 29.4. The largest absolute Gasteiger partial charge is 0.456 e. The minimum absolute atomic E-state index is 0.0142. The Hall–Kier alpha value is -17.9. The van der Waals surface area contributed by atoms with Crippen molar-refractivity contribution in [2.24, 2.45) is 0 Å². The number of benzene rings is 17. The fourth-order valence-electron chi connectivity index (χ4n) is 17.8. The molecular weight excluding hydrogens is 1910 g/mol. The zero-order valence-corrected chi connectivity index (χ0v) is 79.5. The van der Waals surface area contributed by atoms with Crippen molar-refractivity contribution >= 4 is 69.5 Å². The molecule has 0 saturated heterocycles. The molecule has 0 N–H and O–H groups in total. The summed E-state index contributed by atoms with van der Waals surface area (Å²) >= 11 is 0. The van der Waals surface area contributed by atoms with Gasteiger partial charge in [0.15, 0.2) is 0 Å². The molecule has 23 rings (SSSR count). The third-order valence-electron chi connectivity index (χ3n) is 24.8. The minimum Gasteiger partial charge on any atom is -0.456 e. The van der Waals surface area contributed by atoms with Gasteiger partial charge in [-0.3, -0.25) is 9.97 Å². The fourth-order valence-corrected chi connectivity index (χ4v) is 22.6. The molecule has 15 nitrogen and oxygen atoms in total. The number of hydrogen-bond donors (Lipinski definition) is 0. The van der Waals surface area contributed by atoms with E-state index in [9.17, 15) is 39.5 Å². The highest BCUT2D eigenvalue weighted by molar-refractivity contribution is 7.80. The molecule has 0 atom stereocenters. The second kappa shape index (κ2) is 41.6. The van der Waals surface area contributed by atoms with E-state index in [1.807, 2.05) is 116 Å². The number of ether oxygens (including phenoxy) is 1. The van der Waals surface area contributed by atoms with Crippen LogP contribution in [-0.2, 0) is 23.9 Å². The number of hydrogen-bond acceptors (Lipinski definition) is 15. The first kappa shape index (κ1) is 95.3. The Morgan fingerprint density at radius 3 is 0.741 bits per heavy atom. The molecule has 26 heteroatoms. The van der Waals surface area contributed by atoms with Gasteiger partial charge < -0.3 is 22.4 Å². The van der Waals surface area contributed by atoms with Crippen LogP contribution in [0, 0.1) is 6.92 Å². The van der Waals surface area contributed by atoms with Gasteiger partial charge in [0.2, 0.25) is 47.1 Å². The van der Waals surface area contributed by atoms with Crippen molar-refractivity contribution < 1.29 is 61.9 Å². The third kappa shape index (κ3) is 20.5. The normalized spacial score (nSPS) is 11.7. The number of alkyl halides is 9. The van der Waals surface area contributed by atoms with E-state index >= 15 is 0 Å². The lowest BCUT2D eigenvalue weighted by molar-refractivity contribution is -0.138. The van der Waals surface area contributed by atoms with E-state index in [4.69, 9.17) is 22.4 Å². The first-order chi connectivity index (χ1) is 71.7. The summed E-state index contributed by atoms with van der Waals surface area (Å²) in [6, 6.07) is 139. The monoisotopic (exact) mass is 1980 g/mol. The smallest absolute Gasteiger partial charge is 0.416 e. The van der Waals surface area contributed by atoms with E-state index < -0.39 is 56.5 Å². The van der Waals surface area contributed by atoms with Gasteiger partial charge in [-0.2, -0.15) is 39.5 Å². The van der Waals surface area contributed by atoms with Crippen molar-refractivity contribution in [1.82, 2.24) is 50.8 Å². The van der Waals surface area contributed by atoms with Crippen LogP contribution < -0.4 is 36.6 Å². The Balaban J connectivity index is 0.000000158. The van der Waals surface area contributed by atoms with Gasteiger partial charge >= 0.3 is 18.5 Å². The predicted molar refractivity (Wildman–Crippen MR) is 558 cm³/mol. The molecule has 0 aliphatic heterocycles. The molecule has 23 aromatic rings. The fraction of sp³-hybridized carbons (Fsp3) is 0.0413. The van der Waals surface area contributed by atoms with Gasteiger partial charge in [-0.1, -0.05) is 315 Å². The van der Waals surface area contributed by atoms with Crippen LogP contribution in [-0.4, -0.2) is 50.8 Å². The number of halogens is 9. The number of para-hydroxylation sites is 2. The third-order valence-corrected chi connectivity index (χ3v) is 29.8. The van der Waals surface area contributed by atoms with Crippen LogP contribution in [0.1, 0.15) is 44.5 Å². The van der Waals surface area contributed by atoms with Crippen LogP contribution in [0.3, 0.4) is 0 Å². The second-order valence-corrected chi connectivity index (χ2v) is 38.5. The Labute approximate surface area is 839 Å². The molecule has 0 bridgehead atoms. The van der Waals surface area contributed by atoms with Crippen molar-refractivity contribution in [3.63, 3.8) is 0 Å². The maximum atomic E-state index is 13.7. The van der Waals surface area contributed by atoms with Gasteiger partial charge in [0.1, 0.15) is 11.5 Å². The van der Waals surface area contributed by atoms with Crippen LogP contribution in [0.5, 0.6) is 11.5 Å². The van der Waals surface area contributed by atoms with E-state index in [0.29, 0.717) is 50.4 Å². The van der Waals surface area contributed by atoms with Gasteiger partial charge in [-0.05, 0) is 228 Å². The molecule has 147 heavy (non-hydrogen) atoms. The van der Waals surface area contributed by atoms with E-state index in [-0.39, 0.29) is 57.9 Å². The van der Waals surface area contributed by atoms with Crippen molar-refractivity contribution in [3.8, 4) is 125 Å². The lowest BCUT2D eigenvalue weighted by Gasteiger charge is -2.37. The number of aromatic nitrogens is 10. The standard InChI is InChI=1S/C61H35F9N8O4.C36H28OP2.C24H16N2/c1-34-6-2-7-39(30-34)54-75-71-50(79-54)35-14-22-43(23-15-35)58(44-24-16-36(17-25-44)51-72-76-55(80-51)40-8-3-11-47(31-40)59(62,63)64,45-26-18-37(19-27-45)52-73-77-56(81-52)41-9-4-12-48(32-41)60(65,66)67)46-28-20-38(21-29-46)53-74-78-57(82-53)42-10-5-13-49(33-42)61(68,69)70;1-5-17-29(18-6-1)38(30-19-7-2-8-20-30)35-27-15-13-25-33(35)37-34-26-14-16-28-36(34)39(31-21-9-3-10-22-31)32-23-11-4-12-24-32;1-3-7-17(8-4-1)19-13-15-25-23-21(19)11-12-22-20(14-16-26-24(22)23)18-9-5-2-6-10-18/h2-33H,1H3;1-28H;1-16H. The van der Waals surface area contributed by atoms with Crippen molar-refractivity contribution in [3.05, 3.63) is 506 Å². The van der Waals surface area contributed by atoms with Crippen LogP contribution >= 0.6 is 15.8 Å². The Morgan fingerprint density at radius 1 is 0.218 bits per heavy atom. The molecule has 0 aliphatic carbocycles. The minimum atomic E-state index is -4.61. The number of rotatable bonds is 22.